The van der Waals surface area contributed by atoms with E-state index in [9.17, 15) is 9.59 Å². The van der Waals surface area contributed by atoms with Gasteiger partial charge >= 0.3 is 0 Å². The minimum Gasteiger partial charge on any atom is -0.493 e. The highest BCUT2D eigenvalue weighted by molar-refractivity contribution is 6.03. The number of carbonyl (C=O) groups excluding carboxylic acids is 2. The second-order valence-electron chi connectivity index (χ2n) is 9.46. The van der Waals surface area contributed by atoms with E-state index in [1.165, 1.54) is 6.07 Å². The summed E-state index contributed by atoms with van der Waals surface area (Å²) in [7, 11) is 0. The number of amides is 2. The largest absolute Gasteiger partial charge is 0.493 e. The summed E-state index contributed by atoms with van der Waals surface area (Å²) in [5.41, 5.74) is 0.760. The molecular formula is C28H37FN4O3. The first-order valence-electron chi connectivity index (χ1n) is 12.1. The molecule has 0 aromatic heterocycles. The van der Waals surface area contributed by atoms with Crippen molar-refractivity contribution in [3.05, 3.63) is 52.7 Å². The molecule has 8 heteroatoms. The number of aliphatic imine (C=N–C) groups is 1. The summed E-state index contributed by atoms with van der Waals surface area (Å²) in [5, 5.41) is 9.26. The molecule has 36 heavy (non-hydrogen) atoms. The van der Waals surface area contributed by atoms with E-state index in [0.29, 0.717) is 34.8 Å². The van der Waals surface area contributed by atoms with Crippen LogP contribution in [0.4, 0.5) is 15.8 Å². The van der Waals surface area contributed by atoms with Crippen LogP contribution in [-0.4, -0.2) is 30.2 Å². The highest BCUT2D eigenvalue weighted by Crippen LogP contribution is 2.17. The average Bonchev–Trinajstić information content (AvgIpc) is 2.76. The van der Waals surface area contributed by atoms with E-state index in [0.717, 1.165) is 19.3 Å². The van der Waals surface area contributed by atoms with E-state index in [-0.39, 0.29) is 17.5 Å². The zero-order valence-electron chi connectivity index (χ0n) is 21.8. The van der Waals surface area contributed by atoms with Gasteiger partial charge in [-0.05, 0) is 69.7 Å². The van der Waals surface area contributed by atoms with Crippen LogP contribution < -0.4 is 31.1 Å². The van der Waals surface area contributed by atoms with Crippen LogP contribution >= 0.6 is 0 Å². The fourth-order valence-corrected chi connectivity index (χ4v) is 3.40. The standard InChI is InChI=1S/C28H37FN4O3/c1-7-9-10-15-36-22-16-19(3)26(23(29)17-22)27(30-8-2)32-21-13-11-20(12-14-21)31-24(34)18-25(35)33-28(4,5)6/h8,11-14,16-17,32H,3,7,9-10,15,18H2,1-2,4-6H3,(H,31,34)(H,33,35)/b27-26-,30-8?. The molecule has 2 rings (SSSR count). The van der Waals surface area contributed by atoms with Crippen molar-refractivity contribution >= 4 is 41.8 Å². The Morgan fingerprint density at radius 1 is 1.06 bits per heavy atom. The molecule has 2 aromatic rings. The highest BCUT2D eigenvalue weighted by Gasteiger charge is 2.16. The van der Waals surface area contributed by atoms with E-state index in [4.69, 9.17) is 4.74 Å². The molecule has 0 saturated carbocycles. The van der Waals surface area contributed by atoms with Crippen LogP contribution in [0.15, 0.2) is 41.4 Å². The fourth-order valence-electron chi connectivity index (χ4n) is 3.40. The van der Waals surface area contributed by atoms with Crippen molar-refractivity contribution in [1.82, 2.24) is 5.32 Å². The van der Waals surface area contributed by atoms with Crippen LogP contribution in [0, 0.1) is 5.82 Å². The lowest BCUT2D eigenvalue weighted by atomic mass is 10.1. The van der Waals surface area contributed by atoms with Crippen molar-refractivity contribution < 1.29 is 18.7 Å². The average molecular weight is 497 g/mol. The number of benzene rings is 2. The number of carbonyl (C=O) groups is 2. The van der Waals surface area contributed by atoms with Crippen LogP contribution in [0.3, 0.4) is 0 Å². The van der Waals surface area contributed by atoms with E-state index in [1.54, 1.807) is 43.5 Å². The molecule has 0 spiro atoms. The van der Waals surface area contributed by atoms with Crippen molar-refractivity contribution in [2.24, 2.45) is 4.99 Å². The van der Waals surface area contributed by atoms with Gasteiger partial charge in [-0.1, -0.05) is 26.3 Å². The third-order valence-corrected chi connectivity index (χ3v) is 4.92. The van der Waals surface area contributed by atoms with Gasteiger partial charge in [-0.3, -0.25) is 9.59 Å². The summed E-state index contributed by atoms with van der Waals surface area (Å²) in [6.45, 7) is 13.9. The lowest BCUT2D eigenvalue weighted by Gasteiger charge is -2.20. The molecule has 0 aliphatic carbocycles. The first kappa shape index (κ1) is 28.6. The molecule has 0 aliphatic rings. The molecular weight excluding hydrogens is 459 g/mol. The summed E-state index contributed by atoms with van der Waals surface area (Å²) >= 11 is 0. The number of anilines is 2. The molecule has 0 fully saturated rings. The molecule has 0 aliphatic heterocycles. The van der Waals surface area contributed by atoms with Gasteiger partial charge in [0.25, 0.3) is 0 Å². The van der Waals surface area contributed by atoms with Crippen LogP contribution in [-0.2, 0) is 9.59 Å². The number of halogens is 1. The molecule has 0 heterocycles. The number of hydrogen-bond acceptors (Lipinski definition) is 5. The maximum absolute atomic E-state index is 15.0. The quantitative estimate of drug-likeness (QED) is 0.246. The normalized spacial score (nSPS) is 12.3. The summed E-state index contributed by atoms with van der Waals surface area (Å²) in [6, 6.07) is 9.86. The highest BCUT2D eigenvalue weighted by atomic mass is 19.1. The van der Waals surface area contributed by atoms with Gasteiger partial charge < -0.3 is 20.7 Å². The summed E-state index contributed by atoms with van der Waals surface area (Å²) in [4.78, 5) is 28.4. The second kappa shape index (κ2) is 13.4. The molecule has 0 saturated heterocycles. The molecule has 0 unspecified atom stereocenters. The third kappa shape index (κ3) is 9.52. The first-order chi connectivity index (χ1) is 17.0. The Kier molecular flexibility index (Phi) is 10.6. The van der Waals surface area contributed by atoms with Crippen LogP contribution in [0.25, 0.3) is 12.4 Å². The van der Waals surface area contributed by atoms with Crippen LogP contribution in [0.2, 0.25) is 0 Å². The van der Waals surface area contributed by atoms with Gasteiger partial charge in [0.15, 0.2) is 0 Å². The summed E-state index contributed by atoms with van der Waals surface area (Å²) in [5.74, 6) is -0.514. The number of unbranched alkanes of at least 4 members (excludes halogenated alkanes) is 2. The maximum atomic E-state index is 15.0. The Hall–Kier alpha value is -3.68. The lowest BCUT2D eigenvalue weighted by molar-refractivity contribution is -0.127. The smallest absolute Gasteiger partial charge is 0.233 e. The summed E-state index contributed by atoms with van der Waals surface area (Å²) < 4.78 is 20.7. The second-order valence-corrected chi connectivity index (χ2v) is 9.46. The summed E-state index contributed by atoms with van der Waals surface area (Å²) in [6.07, 6.45) is 4.34. The zero-order valence-corrected chi connectivity index (χ0v) is 21.8. The number of nitrogens with zero attached hydrogens (tertiary/aromatic N) is 1. The van der Waals surface area contributed by atoms with Gasteiger partial charge in [-0.15, -0.1) is 0 Å². The van der Waals surface area contributed by atoms with Gasteiger partial charge in [0.2, 0.25) is 11.8 Å². The van der Waals surface area contributed by atoms with E-state index >= 15 is 4.39 Å². The van der Waals surface area contributed by atoms with E-state index in [1.807, 2.05) is 20.8 Å². The molecule has 7 nitrogen and oxygen atoms in total. The lowest BCUT2D eigenvalue weighted by Crippen LogP contribution is -2.41. The molecule has 2 aromatic carbocycles. The SMILES string of the molecule is C=c1cc(OCCCCC)cc(F)/c1=C(/N=CC)Nc1ccc(NC(=O)CC(=O)NC(C)(C)C)cc1. The predicted octanol–water partition coefficient (Wildman–Crippen LogP) is 4.32. The fraction of sp³-hybridized carbons (Fsp3) is 0.393. The van der Waals surface area contributed by atoms with Crippen LogP contribution in [0.5, 0.6) is 5.75 Å². The number of nitrogens with one attached hydrogen (secondary N) is 3. The van der Waals surface area contributed by atoms with Crippen molar-refractivity contribution in [1.29, 1.82) is 0 Å². The van der Waals surface area contributed by atoms with Crippen molar-refractivity contribution in [2.45, 2.75) is 65.8 Å². The van der Waals surface area contributed by atoms with Crippen molar-refractivity contribution in [3.63, 3.8) is 0 Å². The predicted molar refractivity (Wildman–Crippen MR) is 145 cm³/mol. The van der Waals surface area contributed by atoms with Crippen molar-refractivity contribution in [2.75, 3.05) is 17.2 Å². The van der Waals surface area contributed by atoms with E-state index in [2.05, 4.69) is 34.4 Å². The zero-order chi connectivity index (χ0) is 26.7. The monoisotopic (exact) mass is 496 g/mol. The Balaban J connectivity index is 2.15. The number of hydrogen-bond donors (Lipinski definition) is 3. The number of ether oxygens (including phenoxy) is 1. The van der Waals surface area contributed by atoms with Gasteiger partial charge in [-0.25, -0.2) is 9.38 Å². The molecule has 2 amide bonds. The Bertz CT molecular complexity index is 1190. The Morgan fingerprint density at radius 3 is 2.25 bits per heavy atom. The van der Waals surface area contributed by atoms with Gasteiger partial charge in [0.1, 0.15) is 23.8 Å². The third-order valence-electron chi connectivity index (χ3n) is 4.92. The van der Waals surface area contributed by atoms with Crippen LogP contribution in [0.1, 0.15) is 60.3 Å². The van der Waals surface area contributed by atoms with Gasteiger partial charge in [0.05, 0.1) is 11.8 Å². The minimum atomic E-state index is -0.487. The maximum Gasteiger partial charge on any atom is 0.233 e. The topological polar surface area (TPSA) is 91.8 Å². The van der Waals surface area contributed by atoms with Crippen molar-refractivity contribution in [3.8, 4) is 5.75 Å². The molecule has 194 valence electrons. The Morgan fingerprint density at radius 2 is 1.69 bits per heavy atom. The molecule has 3 N–H and O–H groups in total. The Labute approximate surface area is 212 Å². The van der Waals surface area contributed by atoms with Gasteiger partial charge in [0, 0.05) is 29.2 Å². The molecule has 0 radical (unpaired) electrons. The molecule has 0 atom stereocenters. The number of rotatable bonds is 11. The first-order valence-corrected chi connectivity index (χ1v) is 12.1. The van der Waals surface area contributed by atoms with Gasteiger partial charge in [-0.2, -0.15) is 0 Å². The minimum absolute atomic E-state index is 0.247. The van der Waals surface area contributed by atoms with E-state index < -0.39 is 17.3 Å². The molecule has 0 bridgehead atoms.